The number of nitrogens with zero attached hydrogens (tertiary/aromatic N) is 3. The van der Waals surface area contributed by atoms with Crippen LogP contribution in [0.4, 0.5) is 0 Å². The van der Waals surface area contributed by atoms with Gasteiger partial charge in [-0.25, -0.2) is 0 Å². The first-order valence-electron chi connectivity index (χ1n) is 14.3. The van der Waals surface area contributed by atoms with E-state index in [-0.39, 0.29) is 0 Å². The number of aliphatic hydroxyl groups is 1. The Kier molecular flexibility index (Phi) is 7.19. The lowest BCUT2D eigenvalue weighted by Gasteiger charge is -2.58. The molecule has 0 aromatic heterocycles. The van der Waals surface area contributed by atoms with E-state index in [1.165, 1.54) is 51.7 Å². The van der Waals surface area contributed by atoms with Crippen molar-refractivity contribution in [3.8, 4) is 0 Å². The summed E-state index contributed by atoms with van der Waals surface area (Å²) in [6.07, 6.45) is 8.68. The third kappa shape index (κ3) is 4.91. The van der Waals surface area contributed by atoms with Crippen molar-refractivity contribution >= 4 is 0 Å². The molecule has 5 aliphatic rings. The summed E-state index contributed by atoms with van der Waals surface area (Å²) in [7, 11) is 0. The van der Waals surface area contributed by atoms with Gasteiger partial charge in [-0.05, 0) is 89.5 Å². The zero-order chi connectivity index (χ0) is 23.3. The van der Waals surface area contributed by atoms with E-state index in [2.05, 4.69) is 49.3 Å². The molecule has 4 aliphatic heterocycles. The Labute approximate surface area is 203 Å². The molecule has 5 nitrogen and oxygen atoms in total. The second-order valence-electron chi connectivity index (χ2n) is 13.2. The minimum absolute atomic E-state index is 0.491. The number of hydrogen-bond donors (Lipinski definition) is 1. The summed E-state index contributed by atoms with van der Waals surface area (Å²) < 4.78 is 5.54. The smallest absolute Gasteiger partial charge is 0.0647 e. The number of rotatable bonds is 5. The van der Waals surface area contributed by atoms with Gasteiger partial charge in [-0.15, -0.1) is 0 Å². The van der Waals surface area contributed by atoms with Gasteiger partial charge in [0, 0.05) is 43.8 Å². The monoisotopic (exact) mass is 461 g/mol. The average Bonchev–Trinajstić information content (AvgIpc) is 2.67. The molecule has 4 saturated heterocycles. The summed E-state index contributed by atoms with van der Waals surface area (Å²) in [5, 5.41) is 11.1. The second kappa shape index (κ2) is 9.69. The number of likely N-dealkylation sites (tertiary alicyclic amines) is 3. The average molecular weight is 462 g/mol. The molecule has 33 heavy (non-hydrogen) atoms. The number of ether oxygens (including phenoxy) is 1. The molecule has 190 valence electrons. The Morgan fingerprint density at radius 2 is 1.64 bits per heavy atom. The van der Waals surface area contributed by atoms with Gasteiger partial charge in [0.05, 0.1) is 24.9 Å². The molecule has 5 rings (SSSR count). The van der Waals surface area contributed by atoms with E-state index in [4.69, 9.17) is 4.74 Å². The standard InChI is InChI=1S/C28H51N3O2/c1-19(2)30-12-10-28(5,32)14-27(30)26-13-21(4)25(16-31(26)22-7-6-8-22)24-15-29(11-9-20(24)3)23-17-33-18-23/h19-27,32H,6-18H2,1-5H3/t20-,21+,24?,25?,26?,27?,28-/m1/s1. The maximum absolute atomic E-state index is 11.1. The van der Waals surface area contributed by atoms with E-state index in [1.54, 1.807) is 0 Å². The Hall–Kier alpha value is -0.200. The molecule has 4 heterocycles. The molecule has 1 N–H and O–H groups in total. The van der Waals surface area contributed by atoms with Crippen molar-refractivity contribution in [1.82, 2.24) is 14.7 Å². The van der Waals surface area contributed by atoms with Crippen molar-refractivity contribution in [2.45, 2.75) is 115 Å². The van der Waals surface area contributed by atoms with Gasteiger partial charge in [-0.3, -0.25) is 14.7 Å². The highest BCUT2D eigenvalue weighted by atomic mass is 16.5. The molecule has 0 bridgehead atoms. The minimum Gasteiger partial charge on any atom is -0.390 e. The largest absolute Gasteiger partial charge is 0.390 e. The van der Waals surface area contributed by atoms with E-state index in [0.29, 0.717) is 24.2 Å². The summed E-state index contributed by atoms with van der Waals surface area (Å²) in [5.74, 6) is 3.21. The number of hydrogen-bond acceptors (Lipinski definition) is 5. The van der Waals surface area contributed by atoms with Crippen LogP contribution in [0.25, 0.3) is 0 Å². The normalized spacial score (nSPS) is 45.2. The van der Waals surface area contributed by atoms with Gasteiger partial charge in [0.25, 0.3) is 0 Å². The fourth-order valence-corrected chi connectivity index (χ4v) is 7.98. The summed E-state index contributed by atoms with van der Waals surface area (Å²) in [6, 6.07) is 3.11. The lowest BCUT2D eigenvalue weighted by molar-refractivity contribution is -0.118. The number of piperidine rings is 3. The van der Waals surface area contributed by atoms with Crippen molar-refractivity contribution in [2.75, 3.05) is 39.4 Å². The van der Waals surface area contributed by atoms with Gasteiger partial charge in [-0.1, -0.05) is 20.3 Å². The molecule has 5 fully saturated rings. The Morgan fingerprint density at radius 1 is 0.909 bits per heavy atom. The predicted octanol–water partition coefficient (Wildman–Crippen LogP) is 3.85. The van der Waals surface area contributed by atoms with Crippen LogP contribution in [0.2, 0.25) is 0 Å². The Balaban J connectivity index is 1.36. The zero-order valence-electron chi connectivity index (χ0n) is 22.1. The summed E-state index contributed by atoms with van der Waals surface area (Å²) in [6.45, 7) is 18.7. The van der Waals surface area contributed by atoms with Crippen molar-refractivity contribution in [3.63, 3.8) is 0 Å². The summed E-state index contributed by atoms with van der Waals surface area (Å²) in [5.41, 5.74) is -0.509. The Morgan fingerprint density at radius 3 is 2.24 bits per heavy atom. The summed E-state index contributed by atoms with van der Waals surface area (Å²) >= 11 is 0. The maximum atomic E-state index is 11.1. The molecule has 0 amide bonds. The van der Waals surface area contributed by atoms with Gasteiger partial charge in [0.2, 0.25) is 0 Å². The van der Waals surface area contributed by atoms with Crippen LogP contribution in [-0.4, -0.2) is 95.0 Å². The predicted molar refractivity (Wildman–Crippen MR) is 134 cm³/mol. The molecule has 0 radical (unpaired) electrons. The van der Waals surface area contributed by atoms with E-state index in [0.717, 1.165) is 62.3 Å². The van der Waals surface area contributed by atoms with Crippen LogP contribution in [0, 0.1) is 23.7 Å². The van der Waals surface area contributed by atoms with E-state index >= 15 is 0 Å². The highest BCUT2D eigenvalue weighted by molar-refractivity contribution is 5.04. The quantitative estimate of drug-likeness (QED) is 0.673. The first-order valence-corrected chi connectivity index (χ1v) is 14.3. The lowest BCUT2D eigenvalue weighted by atomic mass is 9.66. The van der Waals surface area contributed by atoms with E-state index in [9.17, 15) is 5.11 Å². The molecule has 1 saturated carbocycles. The van der Waals surface area contributed by atoms with Crippen molar-refractivity contribution in [3.05, 3.63) is 0 Å². The maximum Gasteiger partial charge on any atom is 0.0647 e. The molecule has 0 aromatic carbocycles. The summed E-state index contributed by atoms with van der Waals surface area (Å²) in [4.78, 5) is 8.48. The SMILES string of the molecule is CC(C)N1CC[C@@](C)(O)CC1C1C[C@H](C)C(C2CN(C3COC3)CC[C@H]2C)CN1C1CCC1. The molecule has 4 unspecified atom stereocenters. The molecule has 5 heteroatoms. The molecule has 0 spiro atoms. The van der Waals surface area contributed by atoms with Crippen LogP contribution in [0.5, 0.6) is 0 Å². The van der Waals surface area contributed by atoms with Crippen molar-refractivity contribution in [1.29, 1.82) is 0 Å². The van der Waals surface area contributed by atoms with Gasteiger partial charge >= 0.3 is 0 Å². The van der Waals surface area contributed by atoms with Crippen LogP contribution in [0.1, 0.15) is 79.6 Å². The molecule has 0 aromatic rings. The molecule has 1 aliphatic carbocycles. The third-order valence-corrected chi connectivity index (χ3v) is 10.6. The first-order chi connectivity index (χ1) is 15.7. The highest BCUT2D eigenvalue weighted by Gasteiger charge is 2.49. The molecule has 7 atom stereocenters. The van der Waals surface area contributed by atoms with Crippen molar-refractivity contribution in [2.24, 2.45) is 23.7 Å². The lowest BCUT2D eigenvalue weighted by Crippen LogP contribution is -2.66. The molecular formula is C28H51N3O2. The fraction of sp³-hybridized carbons (Fsp3) is 1.00. The van der Waals surface area contributed by atoms with Gasteiger partial charge in [0.1, 0.15) is 0 Å². The third-order valence-electron chi connectivity index (χ3n) is 10.6. The fourth-order valence-electron chi connectivity index (χ4n) is 7.98. The Bertz CT molecular complexity index is 662. The van der Waals surface area contributed by atoms with E-state index < -0.39 is 5.60 Å². The van der Waals surface area contributed by atoms with E-state index in [1.807, 2.05) is 0 Å². The van der Waals surface area contributed by atoms with Gasteiger partial charge in [-0.2, -0.15) is 0 Å². The zero-order valence-corrected chi connectivity index (χ0v) is 22.1. The molecular weight excluding hydrogens is 410 g/mol. The van der Waals surface area contributed by atoms with Crippen molar-refractivity contribution < 1.29 is 9.84 Å². The van der Waals surface area contributed by atoms with Crippen LogP contribution in [0.3, 0.4) is 0 Å². The van der Waals surface area contributed by atoms with Crippen LogP contribution in [0.15, 0.2) is 0 Å². The van der Waals surface area contributed by atoms with Gasteiger partial charge in [0.15, 0.2) is 0 Å². The topological polar surface area (TPSA) is 39.2 Å². The van der Waals surface area contributed by atoms with Gasteiger partial charge < -0.3 is 9.84 Å². The van der Waals surface area contributed by atoms with Crippen LogP contribution >= 0.6 is 0 Å². The van der Waals surface area contributed by atoms with Crippen LogP contribution in [-0.2, 0) is 4.74 Å². The van der Waals surface area contributed by atoms with Crippen LogP contribution < -0.4 is 0 Å². The second-order valence-corrected chi connectivity index (χ2v) is 13.2. The minimum atomic E-state index is -0.509. The highest BCUT2D eigenvalue weighted by Crippen LogP contribution is 2.45. The first kappa shape index (κ1) is 24.5.